The predicted octanol–water partition coefficient (Wildman–Crippen LogP) is 2.55. The van der Waals surface area contributed by atoms with Crippen LogP contribution in [0.3, 0.4) is 0 Å². The minimum Gasteiger partial charge on any atom is -0.381 e. The Bertz CT molecular complexity index is 359. The summed E-state index contributed by atoms with van der Waals surface area (Å²) in [6.07, 6.45) is 2.39. The second-order valence-electron chi connectivity index (χ2n) is 4.49. The molecule has 2 rings (SSSR count). The van der Waals surface area contributed by atoms with Crippen molar-refractivity contribution in [1.82, 2.24) is 9.88 Å². The summed E-state index contributed by atoms with van der Waals surface area (Å²) in [5.74, 6) is 0. The average Bonchev–Trinajstić information content (AvgIpc) is 2.25. The van der Waals surface area contributed by atoms with Crippen molar-refractivity contribution in [3.05, 3.63) is 23.0 Å². The van der Waals surface area contributed by atoms with Gasteiger partial charge in [-0.3, -0.25) is 0 Å². The van der Waals surface area contributed by atoms with Crippen LogP contribution in [0, 0.1) is 6.92 Å². The molecule has 3 nitrogen and oxygen atoms in total. The number of anilines is 1. The Morgan fingerprint density at radius 1 is 1.38 bits per heavy atom. The molecule has 0 atom stereocenters. The Morgan fingerprint density at radius 2 is 2.06 bits per heavy atom. The highest BCUT2D eigenvalue weighted by molar-refractivity contribution is 6.29. The van der Waals surface area contributed by atoms with E-state index in [0.29, 0.717) is 11.2 Å². The first-order valence-corrected chi connectivity index (χ1v) is 6.11. The molecule has 0 radical (unpaired) electrons. The van der Waals surface area contributed by atoms with Gasteiger partial charge in [0.25, 0.3) is 0 Å². The number of hydrogen-bond acceptors (Lipinski definition) is 3. The molecule has 4 heteroatoms. The lowest BCUT2D eigenvalue weighted by Gasteiger charge is -2.30. The van der Waals surface area contributed by atoms with E-state index in [-0.39, 0.29) is 0 Å². The number of nitrogens with one attached hydrogen (secondary N) is 1. The van der Waals surface area contributed by atoms with Gasteiger partial charge >= 0.3 is 0 Å². The van der Waals surface area contributed by atoms with E-state index in [9.17, 15) is 0 Å². The van der Waals surface area contributed by atoms with Gasteiger partial charge in [-0.05, 0) is 52.0 Å². The molecule has 0 aromatic carbocycles. The first kappa shape index (κ1) is 11.7. The Labute approximate surface area is 102 Å². The van der Waals surface area contributed by atoms with E-state index in [1.165, 1.54) is 12.8 Å². The van der Waals surface area contributed by atoms with Crippen molar-refractivity contribution < 1.29 is 0 Å². The average molecular weight is 240 g/mol. The monoisotopic (exact) mass is 239 g/mol. The number of pyridine rings is 1. The van der Waals surface area contributed by atoms with Crippen molar-refractivity contribution in [2.24, 2.45) is 0 Å². The summed E-state index contributed by atoms with van der Waals surface area (Å²) in [4.78, 5) is 6.61. The van der Waals surface area contributed by atoms with Crippen LogP contribution in [0.15, 0.2) is 12.1 Å². The number of likely N-dealkylation sites (tertiary alicyclic amines) is 1. The summed E-state index contributed by atoms with van der Waals surface area (Å²) in [6.45, 7) is 4.32. The third kappa shape index (κ3) is 2.86. The number of halogens is 1. The van der Waals surface area contributed by atoms with Crippen molar-refractivity contribution in [2.75, 3.05) is 25.5 Å². The molecule has 0 aliphatic carbocycles. The van der Waals surface area contributed by atoms with E-state index in [1.807, 2.05) is 19.1 Å². The number of nitrogens with zero attached hydrogens (tertiary/aromatic N) is 2. The molecule has 0 amide bonds. The summed E-state index contributed by atoms with van der Waals surface area (Å²) in [5, 5.41) is 4.11. The predicted molar refractivity (Wildman–Crippen MR) is 68.1 cm³/mol. The molecular formula is C12H18ClN3. The summed E-state index contributed by atoms with van der Waals surface area (Å²) in [6, 6.07) is 4.42. The number of piperidine rings is 1. The second kappa shape index (κ2) is 5.02. The molecule has 1 aliphatic heterocycles. The van der Waals surface area contributed by atoms with Gasteiger partial charge in [-0.2, -0.15) is 0 Å². The molecule has 16 heavy (non-hydrogen) atoms. The van der Waals surface area contributed by atoms with Gasteiger partial charge in [0.05, 0.1) is 11.4 Å². The number of hydrogen-bond donors (Lipinski definition) is 1. The molecule has 1 N–H and O–H groups in total. The molecule has 0 spiro atoms. The van der Waals surface area contributed by atoms with Crippen LogP contribution < -0.4 is 5.32 Å². The minimum atomic E-state index is 0.562. The molecule has 0 bridgehead atoms. The first-order valence-electron chi connectivity index (χ1n) is 5.73. The van der Waals surface area contributed by atoms with Crippen molar-refractivity contribution >= 4 is 17.3 Å². The Kier molecular flexibility index (Phi) is 3.66. The van der Waals surface area contributed by atoms with Gasteiger partial charge < -0.3 is 10.2 Å². The van der Waals surface area contributed by atoms with Crippen LogP contribution in [0.25, 0.3) is 0 Å². The molecule has 2 heterocycles. The number of rotatable bonds is 2. The maximum absolute atomic E-state index is 5.83. The molecule has 1 aromatic rings. The third-order valence-electron chi connectivity index (χ3n) is 3.13. The molecule has 1 saturated heterocycles. The third-order valence-corrected chi connectivity index (χ3v) is 3.34. The highest BCUT2D eigenvalue weighted by Gasteiger charge is 2.16. The smallest absolute Gasteiger partial charge is 0.129 e. The first-order chi connectivity index (χ1) is 7.65. The molecule has 0 saturated carbocycles. The summed E-state index contributed by atoms with van der Waals surface area (Å²) in [5.41, 5.74) is 2.09. The molecule has 1 aliphatic rings. The number of aromatic nitrogens is 1. The minimum absolute atomic E-state index is 0.562. The van der Waals surface area contributed by atoms with Crippen molar-refractivity contribution in [3.8, 4) is 0 Å². The van der Waals surface area contributed by atoms with Crippen LogP contribution >= 0.6 is 11.6 Å². The largest absolute Gasteiger partial charge is 0.381 e. The summed E-state index contributed by atoms with van der Waals surface area (Å²) in [7, 11) is 2.17. The van der Waals surface area contributed by atoms with Gasteiger partial charge in [0.15, 0.2) is 0 Å². The lowest BCUT2D eigenvalue weighted by molar-refractivity contribution is 0.264. The zero-order chi connectivity index (χ0) is 11.5. The van der Waals surface area contributed by atoms with Crippen molar-refractivity contribution in [2.45, 2.75) is 25.8 Å². The van der Waals surface area contributed by atoms with E-state index < -0.39 is 0 Å². The van der Waals surface area contributed by atoms with Gasteiger partial charge in [0.1, 0.15) is 5.15 Å². The van der Waals surface area contributed by atoms with Gasteiger partial charge in [-0.15, -0.1) is 0 Å². The van der Waals surface area contributed by atoms with Gasteiger partial charge in [-0.25, -0.2) is 4.98 Å². The Hall–Kier alpha value is -0.800. The molecular weight excluding hydrogens is 222 g/mol. The SMILES string of the molecule is Cc1nc(Cl)ccc1NC1CCN(C)CC1. The lowest BCUT2D eigenvalue weighted by Crippen LogP contribution is -2.36. The molecule has 0 unspecified atom stereocenters. The fourth-order valence-electron chi connectivity index (χ4n) is 2.06. The van der Waals surface area contributed by atoms with E-state index in [2.05, 4.69) is 22.2 Å². The number of aryl methyl sites for hydroxylation is 1. The van der Waals surface area contributed by atoms with Crippen LogP contribution in [0.1, 0.15) is 18.5 Å². The van der Waals surface area contributed by atoms with Gasteiger partial charge in [0, 0.05) is 6.04 Å². The van der Waals surface area contributed by atoms with Crippen LogP contribution in [0.4, 0.5) is 5.69 Å². The lowest BCUT2D eigenvalue weighted by atomic mass is 10.1. The normalized spacial score (nSPS) is 18.7. The van der Waals surface area contributed by atoms with Gasteiger partial charge in [-0.1, -0.05) is 11.6 Å². The fourth-order valence-corrected chi connectivity index (χ4v) is 2.25. The van der Waals surface area contributed by atoms with Crippen LogP contribution in [-0.2, 0) is 0 Å². The van der Waals surface area contributed by atoms with Crippen LogP contribution in [-0.4, -0.2) is 36.1 Å². The highest BCUT2D eigenvalue weighted by atomic mass is 35.5. The maximum Gasteiger partial charge on any atom is 0.129 e. The van der Waals surface area contributed by atoms with E-state index in [4.69, 9.17) is 11.6 Å². The van der Waals surface area contributed by atoms with Crippen molar-refractivity contribution in [3.63, 3.8) is 0 Å². The zero-order valence-electron chi connectivity index (χ0n) is 9.83. The Balaban J connectivity index is 1.98. The van der Waals surface area contributed by atoms with E-state index in [0.717, 1.165) is 24.5 Å². The quantitative estimate of drug-likeness (QED) is 0.804. The molecule has 1 fully saturated rings. The molecule has 88 valence electrons. The fraction of sp³-hybridized carbons (Fsp3) is 0.583. The van der Waals surface area contributed by atoms with Gasteiger partial charge in [0.2, 0.25) is 0 Å². The maximum atomic E-state index is 5.83. The van der Waals surface area contributed by atoms with Crippen molar-refractivity contribution in [1.29, 1.82) is 0 Å². The second-order valence-corrected chi connectivity index (χ2v) is 4.88. The van der Waals surface area contributed by atoms with Crippen LogP contribution in [0.2, 0.25) is 5.15 Å². The van der Waals surface area contributed by atoms with Crippen LogP contribution in [0.5, 0.6) is 0 Å². The zero-order valence-corrected chi connectivity index (χ0v) is 10.6. The Morgan fingerprint density at radius 3 is 2.69 bits per heavy atom. The summed E-state index contributed by atoms with van der Waals surface area (Å²) < 4.78 is 0. The molecule has 1 aromatic heterocycles. The highest BCUT2D eigenvalue weighted by Crippen LogP contribution is 2.19. The summed E-state index contributed by atoms with van der Waals surface area (Å²) >= 11 is 5.83. The standard InChI is InChI=1S/C12H18ClN3/c1-9-11(3-4-12(13)14-9)15-10-5-7-16(2)8-6-10/h3-4,10,15H,5-8H2,1-2H3. The van der Waals surface area contributed by atoms with E-state index >= 15 is 0 Å². The van der Waals surface area contributed by atoms with E-state index in [1.54, 1.807) is 0 Å². The topological polar surface area (TPSA) is 28.2 Å².